The summed E-state index contributed by atoms with van der Waals surface area (Å²) in [6.45, 7) is 3.34. The van der Waals surface area contributed by atoms with Crippen LogP contribution < -0.4 is 4.90 Å². The van der Waals surface area contributed by atoms with E-state index in [0.29, 0.717) is 18.0 Å². The standard InChI is InChI=1S/C16H22N5O3/c1-12(19-24-10-6-9-21(2,3)4)13-7-5-8-14(11-13)20-15(22)17-18-16(20)23/h5,7-8,11H,6,9-10H2,1-4H3/q+1/b19-12+. The van der Waals surface area contributed by atoms with Crippen LogP contribution >= 0.6 is 0 Å². The zero-order valence-corrected chi connectivity index (χ0v) is 14.4. The third kappa shape index (κ3) is 4.69. The van der Waals surface area contributed by atoms with Gasteiger partial charge in [0.2, 0.25) is 0 Å². The van der Waals surface area contributed by atoms with Crippen molar-refractivity contribution in [1.29, 1.82) is 0 Å². The second-order valence-corrected chi connectivity index (χ2v) is 6.53. The SMILES string of the molecule is C/C(=N\OCCC[N+](C)(C)C)c1cccc(N2C(=O)N=NC2=O)c1. The van der Waals surface area contributed by atoms with Gasteiger partial charge in [-0.2, -0.15) is 0 Å². The van der Waals surface area contributed by atoms with E-state index in [1.165, 1.54) is 0 Å². The van der Waals surface area contributed by atoms with E-state index in [1.807, 2.05) is 6.07 Å². The molecule has 1 aliphatic heterocycles. The Labute approximate surface area is 141 Å². The average molecular weight is 332 g/mol. The van der Waals surface area contributed by atoms with Gasteiger partial charge in [-0.25, -0.2) is 14.5 Å². The van der Waals surface area contributed by atoms with Crippen LogP contribution in [-0.4, -0.2) is 56.6 Å². The first-order valence-electron chi connectivity index (χ1n) is 7.65. The molecule has 2 rings (SSSR count). The van der Waals surface area contributed by atoms with Gasteiger partial charge in [0.05, 0.1) is 39.1 Å². The van der Waals surface area contributed by atoms with E-state index in [2.05, 4.69) is 36.5 Å². The number of oxime groups is 1. The smallest absolute Gasteiger partial charge is 0.375 e. The molecule has 1 heterocycles. The summed E-state index contributed by atoms with van der Waals surface area (Å²) >= 11 is 0. The van der Waals surface area contributed by atoms with Crippen LogP contribution in [0.4, 0.5) is 15.3 Å². The number of rotatable bonds is 7. The first-order chi connectivity index (χ1) is 11.3. The number of benzene rings is 1. The summed E-state index contributed by atoms with van der Waals surface area (Å²) in [6.07, 6.45) is 0.903. The Morgan fingerprint density at radius 2 is 1.88 bits per heavy atom. The molecular weight excluding hydrogens is 310 g/mol. The van der Waals surface area contributed by atoms with Crippen molar-refractivity contribution in [2.45, 2.75) is 13.3 Å². The van der Waals surface area contributed by atoms with E-state index in [9.17, 15) is 9.59 Å². The van der Waals surface area contributed by atoms with E-state index >= 15 is 0 Å². The molecule has 0 saturated heterocycles. The van der Waals surface area contributed by atoms with Gasteiger partial charge in [0.1, 0.15) is 6.61 Å². The molecule has 0 atom stereocenters. The molecule has 0 bridgehead atoms. The highest BCUT2D eigenvalue weighted by Gasteiger charge is 2.29. The van der Waals surface area contributed by atoms with Crippen molar-refractivity contribution in [3.63, 3.8) is 0 Å². The van der Waals surface area contributed by atoms with Gasteiger partial charge in [0.25, 0.3) is 0 Å². The summed E-state index contributed by atoms with van der Waals surface area (Å²) in [7, 11) is 6.37. The second-order valence-electron chi connectivity index (χ2n) is 6.53. The number of nitrogens with zero attached hydrogens (tertiary/aromatic N) is 5. The number of urea groups is 2. The fraction of sp³-hybridized carbons (Fsp3) is 0.438. The summed E-state index contributed by atoms with van der Waals surface area (Å²) in [5.74, 6) is 0. The third-order valence-electron chi connectivity index (χ3n) is 3.39. The van der Waals surface area contributed by atoms with Gasteiger partial charge in [0.15, 0.2) is 0 Å². The minimum absolute atomic E-state index is 0.409. The van der Waals surface area contributed by atoms with Crippen molar-refractivity contribution in [2.24, 2.45) is 15.4 Å². The summed E-state index contributed by atoms with van der Waals surface area (Å²) in [4.78, 5) is 29.4. The molecule has 8 heteroatoms. The topological polar surface area (TPSA) is 83.7 Å². The van der Waals surface area contributed by atoms with Crippen molar-refractivity contribution < 1.29 is 18.9 Å². The predicted molar refractivity (Wildman–Crippen MR) is 90.2 cm³/mol. The van der Waals surface area contributed by atoms with Gasteiger partial charge in [-0.05, 0) is 19.1 Å². The lowest BCUT2D eigenvalue weighted by molar-refractivity contribution is -0.870. The molecule has 0 unspecified atom stereocenters. The highest BCUT2D eigenvalue weighted by Crippen LogP contribution is 2.22. The van der Waals surface area contributed by atoms with Crippen LogP contribution in [0.1, 0.15) is 18.9 Å². The fourth-order valence-electron chi connectivity index (χ4n) is 2.15. The number of hydrogen-bond donors (Lipinski definition) is 0. The monoisotopic (exact) mass is 332 g/mol. The minimum atomic E-state index is -0.691. The van der Waals surface area contributed by atoms with Gasteiger partial charge in [-0.15, -0.1) is 0 Å². The number of hydrogen-bond acceptors (Lipinski definition) is 4. The van der Waals surface area contributed by atoms with Crippen LogP contribution in [0, 0.1) is 0 Å². The Bertz CT molecular complexity index is 673. The van der Waals surface area contributed by atoms with Gasteiger partial charge in [-0.3, -0.25) is 0 Å². The van der Waals surface area contributed by atoms with Crippen molar-refractivity contribution in [3.8, 4) is 0 Å². The number of carbonyl (C=O) groups excluding carboxylic acids is 2. The third-order valence-corrected chi connectivity index (χ3v) is 3.39. The molecule has 0 N–H and O–H groups in total. The maximum absolute atomic E-state index is 11.6. The zero-order chi connectivity index (χ0) is 17.7. The second kappa shape index (κ2) is 7.31. The van der Waals surface area contributed by atoms with Gasteiger partial charge in [0, 0.05) is 12.0 Å². The number of carbonyl (C=O) groups is 2. The molecule has 1 aromatic carbocycles. The largest absolute Gasteiger partial charge is 0.395 e. The van der Waals surface area contributed by atoms with Gasteiger partial charge >= 0.3 is 12.1 Å². The molecule has 0 saturated carbocycles. The van der Waals surface area contributed by atoms with Crippen LogP contribution in [0.5, 0.6) is 0 Å². The van der Waals surface area contributed by atoms with Crippen LogP contribution in [0.15, 0.2) is 39.6 Å². The lowest BCUT2D eigenvalue weighted by Crippen LogP contribution is -2.35. The van der Waals surface area contributed by atoms with Crippen molar-refractivity contribution >= 4 is 23.5 Å². The Morgan fingerprint density at radius 3 is 2.50 bits per heavy atom. The molecule has 1 aromatic rings. The number of quaternary nitrogens is 1. The first kappa shape index (κ1) is 17.7. The summed E-state index contributed by atoms with van der Waals surface area (Å²) in [5.41, 5.74) is 1.83. The zero-order valence-electron chi connectivity index (χ0n) is 14.4. The number of anilines is 1. The number of imide groups is 1. The minimum Gasteiger partial charge on any atom is -0.395 e. The van der Waals surface area contributed by atoms with E-state index in [4.69, 9.17) is 4.84 Å². The Hall–Kier alpha value is -2.61. The molecule has 1 aliphatic rings. The summed E-state index contributed by atoms with van der Waals surface area (Å²) in [5, 5.41) is 10.6. The van der Waals surface area contributed by atoms with Crippen LogP contribution in [0.2, 0.25) is 0 Å². The molecule has 0 aromatic heterocycles. The van der Waals surface area contributed by atoms with Gasteiger partial charge < -0.3 is 9.32 Å². The first-order valence-corrected chi connectivity index (χ1v) is 7.65. The van der Waals surface area contributed by atoms with E-state index in [-0.39, 0.29) is 0 Å². The average Bonchev–Trinajstić information content (AvgIpc) is 2.84. The summed E-state index contributed by atoms with van der Waals surface area (Å²) in [6, 6.07) is 5.51. The van der Waals surface area contributed by atoms with Crippen LogP contribution in [0.3, 0.4) is 0 Å². The predicted octanol–water partition coefficient (Wildman–Crippen LogP) is 3.04. The highest BCUT2D eigenvalue weighted by atomic mass is 16.6. The number of azo groups is 1. The van der Waals surface area contributed by atoms with Crippen molar-refractivity contribution in [3.05, 3.63) is 29.8 Å². The van der Waals surface area contributed by atoms with Crippen LogP contribution in [-0.2, 0) is 4.84 Å². The lowest BCUT2D eigenvalue weighted by atomic mass is 10.1. The molecule has 4 amide bonds. The Balaban J connectivity index is 1.99. The maximum Gasteiger partial charge on any atom is 0.375 e. The Morgan fingerprint density at radius 1 is 1.21 bits per heavy atom. The fourth-order valence-corrected chi connectivity index (χ4v) is 2.15. The van der Waals surface area contributed by atoms with Gasteiger partial charge in [-0.1, -0.05) is 27.5 Å². The lowest BCUT2D eigenvalue weighted by Gasteiger charge is -2.23. The molecule has 0 spiro atoms. The normalized spacial score (nSPS) is 15.3. The molecule has 8 nitrogen and oxygen atoms in total. The summed E-state index contributed by atoms with van der Waals surface area (Å²) < 4.78 is 0.877. The quantitative estimate of drug-likeness (QED) is 0.333. The molecule has 0 radical (unpaired) electrons. The Kier molecular flexibility index (Phi) is 5.40. The number of amides is 4. The van der Waals surface area contributed by atoms with E-state index < -0.39 is 12.1 Å². The molecule has 0 fully saturated rings. The van der Waals surface area contributed by atoms with Crippen molar-refractivity contribution in [1.82, 2.24) is 0 Å². The highest BCUT2D eigenvalue weighted by molar-refractivity contribution is 6.17. The van der Waals surface area contributed by atoms with E-state index in [1.54, 1.807) is 25.1 Å². The molecule has 0 aliphatic carbocycles. The molecular formula is C16H22N5O3+. The van der Waals surface area contributed by atoms with E-state index in [0.717, 1.165) is 27.9 Å². The molecule has 128 valence electrons. The van der Waals surface area contributed by atoms with Crippen LogP contribution in [0.25, 0.3) is 0 Å². The molecule has 24 heavy (non-hydrogen) atoms. The maximum atomic E-state index is 11.6. The van der Waals surface area contributed by atoms with Crippen molar-refractivity contribution in [2.75, 3.05) is 39.2 Å².